The molecule has 1 heterocycles. The van der Waals surface area contributed by atoms with E-state index in [4.69, 9.17) is 0 Å². The zero-order valence-electron chi connectivity index (χ0n) is 18.9. The molecule has 0 bridgehead atoms. The fourth-order valence-corrected chi connectivity index (χ4v) is 4.08. The molecular weight excluding hydrogens is 344 g/mol. The lowest BCUT2D eigenvalue weighted by atomic mass is 9.92. The van der Waals surface area contributed by atoms with E-state index >= 15 is 0 Å². The molecule has 164 valence electrons. The van der Waals surface area contributed by atoms with Crippen LogP contribution >= 0.6 is 0 Å². The van der Waals surface area contributed by atoms with Gasteiger partial charge >= 0.3 is 0 Å². The van der Waals surface area contributed by atoms with Gasteiger partial charge in [-0.15, -0.1) is 0 Å². The van der Waals surface area contributed by atoms with Crippen LogP contribution in [-0.2, 0) is 0 Å². The summed E-state index contributed by atoms with van der Waals surface area (Å²) in [6.07, 6.45) is 25.4. The van der Waals surface area contributed by atoms with Crippen molar-refractivity contribution in [3.8, 4) is 0 Å². The van der Waals surface area contributed by atoms with E-state index < -0.39 is 0 Å². The standard InChI is InChI=1S/C25H48N2O/c1-3-5-6-7-8-9-10-11-12-13-14-15-16-17-18-19-20-23(4-2)24(28)25-26-21-22-27-25/h11-12,23-24,28H,3-10,13-22H2,1-2H3,(H,26,27)/b12-11-. The van der Waals surface area contributed by atoms with Gasteiger partial charge in [0.1, 0.15) is 11.9 Å². The van der Waals surface area contributed by atoms with Crippen LogP contribution in [0.2, 0.25) is 0 Å². The number of allylic oxidation sites excluding steroid dienone is 2. The SMILES string of the molecule is CCCCCCCC/C=C\CCCCCCCCC(CC)C(O)C1=NCCN1. The minimum Gasteiger partial charge on any atom is -0.385 e. The molecule has 0 spiro atoms. The number of hydrogen-bond acceptors (Lipinski definition) is 3. The highest BCUT2D eigenvalue weighted by Gasteiger charge is 2.23. The summed E-state index contributed by atoms with van der Waals surface area (Å²) < 4.78 is 0. The van der Waals surface area contributed by atoms with Crippen LogP contribution in [0.3, 0.4) is 0 Å². The van der Waals surface area contributed by atoms with E-state index in [1.165, 1.54) is 89.9 Å². The maximum Gasteiger partial charge on any atom is 0.126 e. The van der Waals surface area contributed by atoms with E-state index in [0.717, 1.165) is 31.8 Å². The van der Waals surface area contributed by atoms with E-state index in [9.17, 15) is 5.11 Å². The number of hydrogen-bond donors (Lipinski definition) is 2. The first-order valence-electron chi connectivity index (χ1n) is 12.4. The van der Waals surface area contributed by atoms with Gasteiger partial charge in [0, 0.05) is 6.54 Å². The normalized spacial score (nSPS) is 16.3. The molecule has 0 saturated heterocycles. The molecule has 1 aliphatic heterocycles. The number of aliphatic imine (C=N–C) groups is 1. The summed E-state index contributed by atoms with van der Waals surface area (Å²) in [6.45, 7) is 6.17. The van der Waals surface area contributed by atoms with Gasteiger partial charge in [0.15, 0.2) is 0 Å². The lowest BCUT2D eigenvalue weighted by molar-refractivity contribution is 0.155. The summed E-state index contributed by atoms with van der Waals surface area (Å²) in [7, 11) is 0. The van der Waals surface area contributed by atoms with Gasteiger partial charge in [-0.25, -0.2) is 0 Å². The third-order valence-electron chi connectivity index (χ3n) is 6.04. The Morgan fingerprint density at radius 1 is 0.857 bits per heavy atom. The molecule has 1 rings (SSSR count). The van der Waals surface area contributed by atoms with Gasteiger partial charge in [0.25, 0.3) is 0 Å². The van der Waals surface area contributed by atoms with Crippen molar-refractivity contribution in [2.75, 3.05) is 13.1 Å². The highest BCUT2D eigenvalue weighted by Crippen LogP contribution is 2.20. The molecule has 0 aromatic rings. The van der Waals surface area contributed by atoms with E-state index in [2.05, 4.69) is 36.3 Å². The summed E-state index contributed by atoms with van der Waals surface area (Å²) >= 11 is 0. The topological polar surface area (TPSA) is 44.6 Å². The van der Waals surface area contributed by atoms with E-state index in [1.807, 2.05) is 0 Å². The van der Waals surface area contributed by atoms with Crippen LogP contribution in [-0.4, -0.2) is 30.1 Å². The Morgan fingerprint density at radius 2 is 1.43 bits per heavy atom. The summed E-state index contributed by atoms with van der Waals surface area (Å²) in [5.74, 6) is 1.19. The number of nitrogens with zero attached hydrogens (tertiary/aromatic N) is 1. The third kappa shape index (κ3) is 12.6. The van der Waals surface area contributed by atoms with Crippen molar-refractivity contribution in [1.29, 1.82) is 0 Å². The second-order valence-corrected chi connectivity index (χ2v) is 8.53. The lowest BCUT2D eigenvalue weighted by Gasteiger charge is -2.21. The summed E-state index contributed by atoms with van der Waals surface area (Å²) in [5, 5.41) is 13.7. The van der Waals surface area contributed by atoms with Crippen molar-refractivity contribution < 1.29 is 5.11 Å². The first kappa shape index (κ1) is 25.2. The van der Waals surface area contributed by atoms with Crippen LogP contribution in [0.1, 0.15) is 117 Å². The van der Waals surface area contributed by atoms with Crippen LogP contribution in [0.15, 0.2) is 17.1 Å². The minimum atomic E-state index is -0.379. The molecule has 0 aromatic carbocycles. The highest BCUT2D eigenvalue weighted by atomic mass is 16.3. The Kier molecular flexibility index (Phi) is 16.4. The second-order valence-electron chi connectivity index (χ2n) is 8.53. The maximum absolute atomic E-state index is 10.4. The Labute approximate surface area is 175 Å². The van der Waals surface area contributed by atoms with Crippen LogP contribution in [0, 0.1) is 5.92 Å². The van der Waals surface area contributed by atoms with Crippen LogP contribution < -0.4 is 5.32 Å². The zero-order valence-corrected chi connectivity index (χ0v) is 18.9. The first-order chi connectivity index (χ1) is 13.8. The van der Waals surface area contributed by atoms with Gasteiger partial charge in [0.05, 0.1) is 6.54 Å². The summed E-state index contributed by atoms with van der Waals surface area (Å²) in [6, 6.07) is 0. The van der Waals surface area contributed by atoms with Crippen molar-refractivity contribution >= 4 is 5.84 Å². The maximum atomic E-state index is 10.4. The van der Waals surface area contributed by atoms with Crippen molar-refractivity contribution in [3.63, 3.8) is 0 Å². The zero-order chi connectivity index (χ0) is 20.3. The molecule has 0 aromatic heterocycles. The quantitative estimate of drug-likeness (QED) is 0.187. The Bertz CT molecular complexity index is 405. The van der Waals surface area contributed by atoms with Crippen LogP contribution in [0.25, 0.3) is 0 Å². The Balaban J connectivity index is 1.87. The molecule has 28 heavy (non-hydrogen) atoms. The second kappa shape index (κ2) is 18.2. The van der Waals surface area contributed by atoms with E-state index in [1.54, 1.807) is 0 Å². The Hall–Kier alpha value is -0.830. The van der Waals surface area contributed by atoms with Gasteiger partial charge in [-0.05, 0) is 38.0 Å². The molecular formula is C25H48N2O. The van der Waals surface area contributed by atoms with Gasteiger partial charge in [-0.1, -0.05) is 96.6 Å². The van der Waals surface area contributed by atoms with Crippen molar-refractivity contribution in [1.82, 2.24) is 5.32 Å². The highest BCUT2D eigenvalue weighted by molar-refractivity contribution is 5.87. The molecule has 2 atom stereocenters. The molecule has 0 saturated carbocycles. The number of nitrogens with one attached hydrogen (secondary N) is 1. The van der Waals surface area contributed by atoms with E-state index in [-0.39, 0.29) is 6.10 Å². The van der Waals surface area contributed by atoms with E-state index in [0.29, 0.717) is 5.92 Å². The smallest absolute Gasteiger partial charge is 0.126 e. The van der Waals surface area contributed by atoms with Gasteiger partial charge in [-0.3, -0.25) is 4.99 Å². The molecule has 0 aliphatic carbocycles. The molecule has 2 unspecified atom stereocenters. The summed E-state index contributed by atoms with van der Waals surface area (Å²) in [5.41, 5.74) is 0. The number of aliphatic hydroxyl groups is 1. The first-order valence-corrected chi connectivity index (χ1v) is 12.4. The van der Waals surface area contributed by atoms with Gasteiger partial charge < -0.3 is 10.4 Å². The van der Waals surface area contributed by atoms with Gasteiger partial charge in [0.2, 0.25) is 0 Å². The molecule has 0 amide bonds. The van der Waals surface area contributed by atoms with Crippen molar-refractivity contribution in [2.24, 2.45) is 10.9 Å². The largest absolute Gasteiger partial charge is 0.385 e. The third-order valence-corrected chi connectivity index (χ3v) is 6.04. The molecule has 0 radical (unpaired) electrons. The summed E-state index contributed by atoms with van der Waals surface area (Å²) in [4.78, 5) is 4.38. The lowest BCUT2D eigenvalue weighted by Crippen LogP contribution is -2.36. The van der Waals surface area contributed by atoms with Gasteiger partial charge in [-0.2, -0.15) is 0 Å². The number of unbranched alkanes of at least 4 members (excludes halogenated alkanes) is 12. The Morgan fingerprint density at radius 3 is 1.96 bits per heavy atom. The fraction of sp³-hybridized carbons (Fsp3) is 0.880. The molecule has 0 fully saturated rings. The number of aliphatic hydroxyl groups excluding tert-OH is 1. The van der Waals surface area contributed by atoms with Crippen LogP contribution in [0.5, 0.6) is 0 Å². The minimum absolute atomic E-state index is 0.362. The van der Waals surface area contributed by atoms with Crippen LogP contribution in [0.4, 0.5) is 0 Å². The van der Waals surface area contributed by atoms with Crippen molar-refractivity contribution in [3.05, 3.63) is 12.2 Å². The molecule has 2 N–H and O–H groups in total. The predicted octanol–water partition coefficient (Wildman–Crippen LogP) is 6.80. The average Bonchev–Trinajstić information content (AvgIpc) is 3.25. The monoisotopic (exact) mass is 392 g/mol. The fourth-order valence-electron chi connectivity index (χ4n) is 4.08. The molecule has 3 nitrogen and oxygen atoms in total. The number of rotatable bonds is 19. The molecule has 3 heteroatoms. The predicted molar refractivity (Wildman–Crippen MR) is 124 cm³/mol. The number of amidine groups is 1. The van der Waals surface area contributed by atoms with Crippen molar-refractivity contribution in [2.45, 2.75) is 123 Å². The molecule has 1 aliphatic rings. The average molecular weight is 393 g/mol.